The third-order valence-electron chi connectivity index (χ3n) is 3.89. The van der Waals surface area contributed by atoms with Crippen molar-refractivity contribution in [2.75, 3.05) is 19.7 Å². The van der Waals surface area contributed by atoms with Gasteiger partial charge in [-0.2, -0.15) is 0 Å². The van der Waals surface area contributed by atoms with Crippen molar-refractivity contribution in [3.05, 3.63) is 29.3 Å². The highest BCUT2D eigenvalue weighted by Crippen LogP contribution is 2.21. The Morgan fingerprint density at radius 2 is 2.25 bits per heavy atom. The van der Waals surface area contributed by atoms with Gasteiger partial charge in [-0.15, -0.1) is 0 Å². The number of hydrogen-bond acceptors (Lipinski definition) is 3. The van der Waals surface area contributed by atoms with E-state index in [0.717, 1.165) is 37.2 Å². The molecule has 0 bridgehead atoms. The minimum atomic E-state index is -0.711. The van der Waals surface area contributed by atoms with E-state index in [1.54, 1.807) is 0 Å². The van der Waals surface area contributed by atoms with Crippen LogP contribution in [0.15, 0.2) is 18.2 Å². The Morgan fingerprint density at radius 1 is 1.45 bits per heavy atom. The maximum absolute atomic E-state index is 10.8. The van der Waals surface area contributed by atoms with Crippen LogP contribution in [0.2, 0.25) is 0 Å². The van der Waals surface area contributed by atoms with Crippen LogP contribution in [0, 0.1) is 13.8 Å². The third kappa shape index (κ3) is 3.97. The molecule has 1 aliphatic rings. The van der Waals surface area contributed by atoms with Crippen LogP contribution in [0.4, 0.5) is 0 Å². The fraction of sp³-hybridized carbons (Fsp3) is 0.562. The van der Waals surface area contributed by atoms with Gasteiger partial charge in [0.2, 0.25) is 0 Å². The Labute approximate surface area is 120 Å². The van der Waals surface area contributed by atoms with Gasteiger partial charge in [0.05, 0.1) is 6.42 Å². The summed E-state index contributed by atoms with van der Waals surface area (Å²) in [5.41, 5.74) is 2.33. The molecule has 0 radical (unpaired) electrons. The molecule has 110 valence electrons. The van der Waals surface area contributed by atoms with Gasteiger partial charge in [-0.25, -0.2) is 0 Å². The van der Waals surface area contributed by atoms with Crippen LogP contribution in [-0.2, 0) is 4.79 Å². The average Bonchev–Trinajstić information content (AvgIpc) is 2.80. The van der Waals surface area contributed by atoms with E-state index in [0.29, 0.717) is 6.61 Å². The molecule has 0 amide bonds. The van der Waals surface area contributed by atoms with E-state index >= 15 is 0 Å². The van der Waals surface area contributed by atoms with Crippen LogP contribution in [0.1, 0.15) is 30.4 Å². The molecule has 4 heteroatoms. The van der Waals surface area contributed by atoms with E-state index in [-0.39, 0.29) is 12.5 Å². The number of aliphatic carboxylic acids is 1. The zero-order valence-electron chi connectivity index (χ0n) is 12.3. The topological polar surface area (TPSA) is 49.8 Å². The van der Waals surface area contributed by atoms with Gasteiger partial charge in [0.1, 0.15) is 12.4 Å². The molecule has 1 atom stereocenters. The summed E-state index contributed by atoms with van der Waals surface area (Å²) in [6.07, 6.45) is 2.31. The fourth-order valence-electron chi connectivity index (χ4n) is 2.76. The molecule has 0 aliphatic carbocycles. The number of rotatable bonds is 6. The Kier molecular flexibility index (Phi) is 5.01. The number of nitrogens with zero attached hydrogens (tertiary/aromatic N) is 1. The Bertz CT molecular complexity index is 473. The molecule has 1 aromatic carbocycles. The van der Waals surface area contributed by atoms with Crippen molar-refractivity contribution < 1.29 is 14.6 Å². The zero-order chi connectivity index (χ0) is 14.5. The first-order chi connectivity index (χ1) is 9.56. The van der Waals surface area contributed by atoms with Crippen molar-refractivity contribution in [1.82, 2.24) is 4.90 Å². The highest BCUT2D eigenvalue weighted by atomic mass is 16.5. The second-order valence-corrected chi connectivity index (χ2v) is 5.55. The highest BCUT2D eigenvalue weighted by Gasteiger charge is 2.26. The number of hydrogen-bond donors (Lipinski definition) is 1. The molecule has 2 rings (SSSR count). The predicted octanol–water partition coefficient (Wildman–Crippen LogP) is 2.62. The normalized spacial score (nSPS) is 19.2. The average molecular weight is 277 g/mol. The van der Waals surface area contributed by atoms with E-state index in [1.807, 2.05) is 13.0 Å². The lowest BCUT2D eigenvalue weighted by atomic mass is 10.1. The Hall–Kier alpha value is -1.55. The van der Waals surface area contributed by atoms with Crippen molar-refractivity contribution in [1.29, 1.82) is 0 Å². The van der Waals surface area contributed by atoms with E-state index < -0.39 is 5.97 Å². The van der Waals surface area contributed by atoms with E-state index in [2.05, 4.69) is 24.0 Å². The number of carbonyl (C=O) groups is 1. The summed E-state index contributed by atoms with van der Waals surface area (Å²) in [5, 5.41) is 8.90. The Morgan fingerprint density at radius 3 is 3.00 bits per heavy atom. The molecule has 1 heterocycles. The Balaban J connectivity index is 1.83. The second-order valence-electron chi connectivity index (χ2n) is 5.55. The number of ether oxygens (including phenoxy) is 1. The molecule has 0 saturated carbocycles. The van der Waals surface area contributed by atoms with Crippen molar-refractivity contribution >= 4 is 5.97 Å². The summed E-state index contributed by atoms with van der Waals surface area (Å²) >= 11 is 0. The molecule has 1 fully saturated rings. The number of likely N-dealkylation sites (tertiary alicyclic amines) is 1. The summed E-state index contributed by atoms with van der Waals surface area (Å²) in [6.45, 7) is 6.48. The van der Waals surface area contributed by atoms with Gasteiger partial charge in [0, 0.05) is 12.6 Å². The number of carboxylic acids is 1. The van der Waals surface area contributed by atoms with Gasteiger partial charge in [-0.1, -0.05) is 12.1 Å². The summed E-state index contributed by atoms with van der Waals surface area (Å²) < 4.78 is 5.84. The fourth-order valence-corrected chi connectivity index (χ4v) is 2.76. The summed E-state index contributed by atoms with van der Waals surface area (Å²) in [4.78, 5) is 13.1. The lowest BCUT2D eigenvalue weighted by molar-refractivity contribution is -0.138. The van der Waals surface area contributed by atoms with Crippen LogP contribution in [0.3, 0.4) is 0 Å². The lowest BCUT2D eigenvalue weighted by Crippen LogP contribution is -2.34. The monoisotopic (exact) mass is 277 g/mol. The van der Waals surface area contributed by atoms with Crippen LogP contribution in [0.5, 0.6) is 5.75 Å². The molecule has 0 spiro atoms. The largest absolute Gasteiger partial charge is 0.492 e. The van der Waals surface area contributed by atoms with Crippen molar-refractivity contribution in [2.24, 2.45) is 0 Å². The highest BCUT2D eigenvalue weighted by molar-refractivity contribution is 5.67. The van der Waals surface area contributed by atoms with Crippen molar-refractivity contribution in [3.8, 4) is 5.75 Å². The van der Waals surface area contributed by atoms with E-state index in [9.17, 15) is 4.79 Å². The van der Waals surface area contributed by atoms with Gasteiger partial charge in [-0.3, -0.25) is 9.69 Å². The maximum Gasteiger partial charge on any atom is 0.304 e. The molecule has 20 heavy (non-hydrogen) atoms. The number of aryl methyl sites for hydroxylation is 2. The van der Waals surface area contributed by atoms with Gasteiger partial charge >= 0.3 is 5.97 Å². The van der Waals surface area contributed by atoms with Gasteiger partial charge in [0.25, 0.3) is 0 Å². The van der Waals surface area contributed by atoms with E-state index in [1.165, 1.54) is 5.56 Å². The minimum absolute atomic E-state index is 0.176. The lowest BCUT2D eigenvalue weighted by Gasteiger charge is -2.23. The van der Waals surface area contributed by atoms with Gasteiger partial charge in [0.15, 0.2) is 0 Å². The molecular weight excluding hydrogens is 254 g/mol. The zero-order valence-corrected chi connectivity index (χ0v) is 12.3. The standard InChI is InChI=1S/C16H23NO3/c1-12-5-6-13(2)15(10-12)20-9-8-17-7-3-4-14(17)11-16(18)19/h5-6,10,14H,3-4,7-9,11H2,1-2H3,(H,18,19). The van der Waals surface area contributed by atoms with Crippen molar-refractivity contribution in [3.63, 3.8) is 0 Å². The summed E-state index contributed by atoms with van der Waals surface area (Å²) in [5.74, 6) is 0.219. The molecule has 1 N–H and O–H groups in total. The molecular formula is C16H23NO3. The SMILES string of the molecule is Cc1ccc(C)c(OCCN2CCCC2CC(=O)O)c1. The molecule has 4 nitrogen and oxygen atoms in total. The second kappa shape index (κ2) is 6.75. The number of carboxylic acid groups (broad SMARTS) is 1. The van der Waals surface area contributed by atoms with E-state index in [4.69, 9.17) is 9.84 Å². The summed E-state index contributed by atoms with van der Waals surface area (Å²) in [7, 11) is 0. The van der Waals surface area contributed by atoms with Crippen LogP contribution < -0.4 is 4.74 Å². The minimum Gasteiger partial charge on any atom is -0.492 e. The van der Waals surface area contributed by atoms with Crippen LogP contribution in [0.25, 0.3) is 0 Å². The third-order valence-corrected chi connectivity index (χ3v) is 3.89. The molecule has 1 aliphatic heterocycles. The van der Waals surface area contributed by atoms with Crippen LogP contribution >= 0.6 is 0 Å². The van der Waals surface area contributed by atoms with Gasteiger partial charge < -0.3 is 9.84 Å². The molecule has 1 saturated heterocycles. The smallest absolute Gasteiger partial charge is 0.304 e. The first-order valence-corrected chi connectivity index (χ1v) is 7.22. The van der Waals surface area contributed by atoms with Crippen LogP contribution in [-0.4, -0.2) is 41.7 Å². The molecule has 1 unspecified atom stereocenters. The number of benzene rings is 1. The predicted molar refractivity (Wildman–Crippen MR) is 78.3 cm³/mol. The maximum atomic E-state index is 10.8. The molecule has 0 aromatic heterocycles. The molecule has 1 aromatic rings. The van der Waals surface area contributed by atoms with Crippen molar-refractivity contribution in [2.45, 2.75) is 39.2 Å². The quantitative estimate of drug-likeness (QED) is 0.868. The first-order valence-electron chi connectivity index (χ1n) is 7.22. The summed E-state index contributed by atoms with van der Waals surface area (Å²) in [6, 6.07) is 6.36. The first kappa shape index (κ1) is 14.9. The van der Waals surface area contributed by atoms with Gasteiger partial charge in [-0.05, 0) is 50.4 Å².